The number of anilines is 2. The molecule has 0 aliphatic rings. The highest BCUT2D eigenvalue weighted by atomic mass is 32.1. The Morgan fingerprint density at radius 2 is 1.92 bits per heavy atom. The minimum Gasteiger partial charge on any atom is -0.332 e. The van der Waals surface area contributed by atoms with E-state index in [0.29, 0.717) is 16.6 Å². The summed E-state index contributed by atoms with van der Waals surface area (Å²) in [6.45, 7) is 3.96. The smallest absolute Gasteiger partial charge is 0.186 e. The Balaban J connectivity index is 1.77. The second-order valence-electron chi connectivity index (χ2n) is 5.89. The van der Waals surface area contributed by atoms with Crippen LogP contribution in [0.4, 0.5) is 11.4 Å². The van der Waals surface area contributed by atoms with Crippen LogP contribution in [0.25, 0.3) is 11.5 Å². The molecule has 26 heavy (non-hydrogen) atoms. The predicted octanol–water partition coefficient (Wildman–Crippen LogP) is 3.34. The maximum atomic E-state index is 5.49. The lowest BCUT2D eigenvalue weighted by Gasteiger charge is -2.11. The number of thiocarbonyl (C=S) groups is 1. The van der Waals surface area contributed by atoms with E-state index in [1.807, 2.05) is 61.0 Å². The van der Waals surface area contributed by atoms with E-state index in [2.05, 4.69) is 25.7 Å². The largest absolute Gasteiger partial charge is 0.332 e. The first-order valence-corrected chi connectivity index (χ1v) is 8.51. The van der Waals surface area contributed by atoms with Crippen LogP contribution >= 0.6 is 12.2 Å². The number of hydrogen-bond acceptors (Lipinski definition) is 4. The van der Waals surface area contributed by atoms with Crippen LogP contribution in [-0.4, -0.2) is 29.3 Å². The highest BCUT2D eigenvalue weighted by molar-refractivity contribution is 7.80. The third kappa shape index (κ3) is 3.02. The van der Waals surface area contributed by atoms with Crippen LogP contribution in [0.15, 0.2) is 55.1 Å². The van der Waals surface area contributed by atoms with Gasteiger partial charge in [0.05, 0.1) is 0 Å². The van der Waals surface area contributed by atoms with E-state index >= 15 is 0 Å². The summed E-state index contributed by atoms with van der Waals surface area (Å²) in [6.07, 6.45) is 5.24. The van der Waals surface area contributed by atoms with Crippen LogP contribution in [0.2, 0.25) is 0 Å². The summed E-state index contributed by atoms with van der Waals surface area (Å²) in [6, 6.07) is 11.7. The number of nitrogens with zero attached hydrogens (tertiary/aromatic N) is 5. The maximum absolute atomic E-state index is 5.49. The lowest BCUT2D eigenvalue weighted by molar-refractivity contribution is 0.852. The first-order chi connectivity index (χ1) is 12.6. The molecule has 130 valence electrons. The molecule has 7 nitrogen and oxygen atoms in total. The number of imidazole rings is 1. The van der Waals surface area contributed by atoms with Crippen LogP contribution in [0.5, 0.6) is 0 Å². The summed E-state index contributed by atoms with van der Waals surface area (Å²) in [5.74, 6) is 0.681. The molecule has 3 heterocycles. The number of fused-ring (bicyclic) bond motifs is 1. The summed E-state index contributed by atoms with van der Waals surface area (Å²) in [5, 5.41) is 11.6. The number of para-hydroxylation sites is 1. The molecule has 0 atom stereocenters. The molecule has 4 aromatic rings. The molecule has 0 spiro atoms. The predicted molar refractivity (Wildman–Crippen MR) is 106 cm³/mol. The molecule has 0 saturated heterocycles. The number of hydrogen-bond donors (Lipinski definition) is 2. The Bertz CT molecular complexity index is 1070. The summed E-state index contributed by atoms with van der Waals surface area (Å²) in [7, 11) is 0. The van der Waals surface area contributed by atoms with Gasteiger partial charge in [-0.1, -0.05) is 18.2 Å². The van der Waals surface area contributed by atoms with Crippen molar-refractivity contribution in [3.05, 3.63) is 66.5 Å². The third-order valence-corrected chi connectivity index (χ3v) is 4.10. The SMILES string of the molecule is Cc1cc(C)n2nc(-n3ccnc3)c(NC(=S)Nc3ccccc3)c2n1. The minimum atomic E-state index is 0.466. The number of aromatic nitrogens is 5. The zero-order chi connectivity index (χ0) is 18.1. The molecule has 0 bridgehead atoms. The van der Waals surface area contributed by atoms with Crippen molar-refractivity contribution in [3.63, 3.8) is 0 Å². The lowest BCUT2D eigenvalue weighted by atomic mass is 10.3. The summed E-state index contributed by atoms with van der Waals surface area (Å²) < 4.78 is 3.63. The summed E-state index contributed by atoms with van der Waals surface area (Å²) in [5.41, 5.74) is 4.25. The normalized spacial score (nSPS) is 10.8. The Labute approximate surface area is 155 Å². The van der Waals surface area contributed by atoms with Gasteiger partial charge in [-0.25, -0.2) is 14.5 Å². The number of benzene rings is 1. The second kappa shape index (κ2) is 6.57. The molecule has 3 aromatic heterocycles. The van der Waals surface area contributed by atoms with Crippen LogP contribution in [0, 0.1) is 13.8 Å². The van der Waals surface area contributed by atoms with Crippen molar-refractivity contribution >= 4 is 34.4 Å². The Hall–Kier alpha value is -3.26. The molecule has 1 aromatic carbocycles. The average Bonchev–Trinajstić information content (AvgIpc) is 3.24. The number of aryl methyl sites for hydroxylation is 2. The van der Waals surface area contributed by atoms with E-state index in [4.69, 9.17) is 12.2 Å². The molecule has 0 aliphatic carbocycles. The maximum Gasteiger partial charge on any atom is 0.186 e. The van der Waals surface area contributed by atoms with Crippen molar-refractivity contribution < 1.29 is 0 Å². The number of rotatable bonds is 3. The first-order valence-electron chi connectivity index (χ1n) is 8.10. The van der Waals surface area contributed by atoms with Gasteiger partial charge in [0.25, 0.3) is 0 Å². The van der Waals surface area contributed by atoms with Crippen LogP contribution < -0.4 is 10.6 Å². The Morgan fingerprint density at radius 1 is 1.12 bits per heavy atom. The van der Waals surface area contributed by atoms with Crippen molar-refractivity contribution in [2.24, 2.45) is 0 Å². The zero-order valence-electron chi connectivity index (χ0n) is 14.3. The Kier molecular flexibility index (Phi) is 4.10. The molecular weight excluding hydrogens is 346 g/mol. The van der Waals surface area contributed by atoms with E-state index in [9.17, 15) is 0 Å². The first kappa shape index (κ1) is 16.2. The fourth-order valence-corrected chi connectivity index (χ4v) is 3.00. The van der Waals surface area contributed by atoms with E-state index in [-0.39, 0.29) is 0 Å². The van der Waals surface area contributed by atoms with Crippen LogP contribution in [0.3, 0.4) is 0 Å². The van der Waals surface area contributed by atoms with E-state index in [1.54, 1.807) is 17.0 Å². The molecule has 2 N–H and O–H groups in total. The topological polar surface area (TPSA) is 72.1 Å². The van der Waals surface area contributed by atoms with Crippen molar-refractivity contribution in [1.29, 1.82) is 0 Å². The lowest BCUT2D eigenvalue weighted by Crippen LogP contribution is -2.20. The van der Waals surface area contributed by atoms with Crippen molar-refractivity contribution in [2.45, 2.75) is 13.8 Å². The molecule has 8 heteroatoms. The molecule has 0 saturated carbocycles. The van der Waals surface area contributed by atoms with Gasteiger partial charge >= 0.3 is 0 Å². The number of nitrogens with one attached hydrogen (secondary N) is 2. The van der Waals surface area contributed by atoms with Gasteiger partial charge in [0, 0.05) is 29.5 Å². The zero-order valence-corrected chi connectivity index (χ0v) is 15.2. The standard InChI is InChI=1S/C18H17N7S/c1-12-10-13(2)25-16(20-12)15(17(23-25)24-9-8-19-11-24)22-18(26)21-14-6-4-3-5-7-14/h3-11H,1-2H3,(H2,21,22,26). The van der Waals surface area contributed by atoms with Gasteiger partial charge in [0.15, 0.2) is 16.6 Å². The Morgan fingerprint density at radius 3 is 2.65 bits per heavy atom. The summed E-state index contributed by atoms with van der Waals surface area (Å²) in [4.78, 5) is 8.76. The molecule has 0 amide bonds. The van der Waals surface area contributed by atoms with Gasteiger partial charge in [-0.15, -0.1) is 5.10 Å². The van der Waals surface area contributed by atoms with Gasteiger partial charge in [-0.3, -0.25) is 4.57 Å². The average molecular weight is 363 g/mol. The van der Waals surface area contributed by atoms with Gasteiger partial charge in [-0.2, -0.15) is 0 Å². The molecule has 0 aliphatic heterocycles. The third-order valence-electron chi connectivity index (χ3n) is 3.90. The molecule has 0 fully saturated rings. The van der Waals surface area contributed by atoms with Gasteiger partial charge in [-0.05, 0) is 44.3 Å². The molecular formula is C18H17N7S. The van der Waals surface area contributed by atoms with Gasteiger partial charge in [0.2, 0.25) is 0 Å². The van der Waals surface area contributed by atoms with Crippen molar-refractivity contribution in [3.8, 4) is 5.82 Å². The highest BCUT2D eigenvalue weighted by Crippen LogP contribution is 2.25. The fraction of sp³-hybridized carbons (Fsp3) is 0.111. The van der Waals surface area contributed by atoms with Crippen molar-refractivity contribution in [2.75, 3.05) is 10.6 Å². The van der Waals surface area contributed by atoms with Crippen LogP contribution in [0.1, 0.15) is 11.4 Å². The molecule has 0 unspecified atom stereocenters. The second-order valence-corrected chi connectivity index (χ2v) is 6.30. The van der Waals surface area contributed by atoms with E-state index < -0.39 is 0 Å². The monoisotopic (exact) mass is 363 g/mol. The van der Waals surface area contributed by atoms with E-state index in [0.717, 1.165) is 22.8 Å². The fourth-order valence-electron chi connectivity index (χ4n) is 2.78. The molecule has 0 radical (unpaired) electrons. The minimum absolute atomic E-state index is 0.466. The van der Waals surface area contributed by atoms with E-state index in [1.165, 1.54) is 0 Å². The summed E-state index contributed by atoms with van der Waals surface area (Å²) >= 11 is 5.49. The highest BCUT2D eigenvalue weighted by Gasteiger charge is 2.18. The van der Waals surface area contributed by atoms with Crippen LogP contribution in [-0.2, 0) is 0 Å². The van der Waals surface area contributed by atoms with Gasteiger partial charge in [0.1, 0.15) is 12.0 Å². The molecule has 4 rings (SSSR count). The van der Waals surface area contributed by atoms with Crippen molar-refractivity contribution in [1.82, 2.24) is 24.1 Å². The van der Waals surface area contributed by atoms with Gasteiger partial charge < -0.3 is 10.6 Å². The quantitative estimate of drug-likeness (QED) is 0.544.